The van der Waals surface area contributed by atoms with Gasteiger partial charge in [-0.05, 0) is 13.3 Å². The summed E-state index contributed by atoms with van der Waals surface area (Å²) in [6.45, 7) is 4.85. The van der Waals surface area contributed by atoms with Crippen LogP contribution in [-0.2, 0) is 0 Å². The van der Waals surface area contributed by atoms with Crippen LogP contribution in [0.15, 0.2) is 12.1 Å². The van der Waals surface area contributed by atoms with E-state index < -0.39 is 0 Å². The molecule has 1 aromatic heterocycles. The topological polar surface area (TPSA) is 65.0 Å². The fourth-order valence-electron chi connectivity index (χ4n) is 1.46. The van der Waals surface area contributed by atoms with E-state index in [0.29, 0.717) is 5.69 Å². The fourth-order valence-corrected chi connectivity index (χ4v) is 1.46. The van der Waals surface area contributed by atoms with Crippen molar-refractivity contribution in [1.82, 2.24) is 0 Å². The minimum atomic E-state index is 0.244. The van der Waals surface area contributed by atoms with Crippen LogP contribution in [0.5, 0.6) is 0 Å². The molecule has 4 heteroatoms. The molecule has 0 aliphatic rings. The maximum absolute atomic E-state index is 11.3. The van der Waals surface area contributed by atoms with Gasteiger partial charge in [0.05, 0.1) is 6.07 Å². The SMILES string of the molecule is CCCCCNc1cc(C)[n+]([O-])c(N)c1. The molecule has 0 amide bonds. The summed E-state index contributed by atoms with van der Waals surface area (Å²) >= 11 is 0. The van der Waals surface area contributed by atoms with E-state index in [2.05, 4.69) is 12.2 Å². The summed E-state index contributed by atoms with van der Waals surface area (Å²) in [7, 11) is 0. The normalized spacial score (nSPS) is 10.3. The number of rotatable bonds is 5. The quantitative estimate of drug-likeness (QED) is 0.441. The Hall–Kier alpha value is -1.45. The van der Waals surface area contributed by atoms with Gasteiger partial charge in [0.15, 0.2) is 0 Å². The molecule has 15 heavy (non-hydrogen) atoms. The van der Waals surface area contributed by atoms with Crippen LogP contribution < -0.4 is 15.8 Å². The van der Waals surface area contributed by atoms with E-state index in [9.17, 15) is 5.21 Å². The Kier molecular flexibility index (Phi) is 4.21. The van der Waals surface area contributed by atoms with E-state index in [1.807, 2.05) is 6.07 Å². The zero-order valence-electron chi connectivity index (χ0n) is 9.42. The Balaban J connectivity index is 2.55. The maximum Gasteiger partial charge on any atom is 0.277 e. The van der Waals surface area contributed by atoms with Gasteiger partial charge in [-0.25, -0.2) is 4.73 Å². The van der Waals surface area contributed by atoms with Crippen LogP contribution in [0.1, 0.15) is 31.9 Å². The number of unbranched alkanes of at least 4 members (excludes halogenated alkanes) is 2. The third-order valence-electron chi connectivity index (χ3n) is 2.33. The van der Waals surface area contributed by atoms with Crippen LogP contribution in [-0.4, -0.2) is 6.54 Å². The number of nitrogen functional groups attached to an aromatic ring is 1. The molecule has 0 radical (unpaired) electrons. The van der Waals surface area contributed by atoms with E-state index in [1.165, 1.54) is 12.8 Å². The van der Waals surface area contributed by atoms with Crippen molar-refractivity contribution in [3.8, 4) is 0 Å². The molecule has 1 aromatic rings. The van der Waals surface area contributed by atoms with E-state index in [-0.39, 0.29) is 5.82 Å². The van der Waals surface area contributed by atoms with E-state index in [4.69, 9.17) is 5.73 Å². The first-order chi connectivity index (χ1) is 7.15. The lowest BCUT2D eigenvalue weighted by Crippen LogP contribution is -2.33. The molecule has 0 fully saturated rings. The number of aromatic nitrogens is 1. The molecule has 3 N–H and O–H groups in total. The number of hydrogen-bond donors (Lipinski definition) is 2. The van der Waals surface area contributed by atoms with Gasteiger partial charge in [0.25, 0.3) is 5.82 Å². The highest BCUT2D eigenvalue weighted by Gasteiger charge is 2.03. The average Bonchev–Trinajstić information content (AvgIpc) is 2.21. The lowest BCUT2D eigenvalue weighted by molar-refractivity contribution is -0.596. The second-order valence-electron chi connectivity index (χ2n) is 3.74. The molecule has 0 saturated heterocycles. The molecule has 84 valence electrons. The summed E-state index contributed by atoms with van der Waals surface area (Å²) in [6.07, 6.45) is 3.57. The summed E-state index contributed by atoms with van der Waals surface area (Å²) in [5.74, 6) is 0.244. The molecule has 0 spiro atoms. The van der Waals surface area contributed by atoms with Gasteiger partial charge in [-0.1, -0.05) is 19.8 Å². The molecular weight excluding hydrogens is 190 g/mol. The second-order valence-corrected chi connectivity index (χ2v) is 3.74. The minimum absolute atomic E-state index is 0.244. The third kappa shape index (κ3) is 3.31. The predicted molar refractivity (Wildman–Crippen MR) is 62.6 cm³/mol. The maximum atomic E-state index is 11.3. The summed E-state index contributed by atoms with van der Waals surface area (Å²) in [4.78, 5) is 0. The van der Waals surface area contributed by atoms with Crippen LogP contribution >= 0.6 is 0 Å². The molecule has 1 rings (SSSR count). The summed E-state index contributed by atoms with van der Waals surface area (Å²) in [5.41, 5.74) is 7.11. The van der Waals surface area contributed by atoms with Gasteiger partial charge in [0.2, 0.25) is 0 Å². The van der Waals surface area contributed by atoms with Gasteiger partial charge in [0, 0.05) is 18.3 Å². The molecule has 0 aliphatic carbocycles. The van der Waals surface area contributed by atoms with Crippen molar-refractivity contribution in [2.45, 2.75) is 33.1 Å². The van der Waals surface area contributed by atoms with Crippen LogP contribution in [0.3, 0.4) is 0 Å². The number of hydrogen-bond acceptors (Lipinski definition) is 3. The molecule has 0 saturated carbocycles. The highest BCUT2D eigenvalue weighted by atomic mass is 16.5. The lowest BCUT2D eigenvalue weighted by Gasteiger charge is -2.12. The van der Waals surface area contributed by atoms with Crippen molar-refractivity contribution in [1.29, 1.82) is 0 Å². The highest BCUT2D eigenvalue weighted by molar-refractivity contribution is 5.48. The number of pyridine rings is 1. The number of nitrogens with two attached hydrogens (primary N) is 1. The van der Waals surface area contributed by atoms with Crippen LogP contribution in [0.2, 0.25) is 0 Å². The van der Waals surface area contributed by atoms with Crippen molar-refractivity contribution in [2.75, 3.05) is 17.6 Å². The van der Waals surface area contributed by atoms with E-state index in [0.717, 1.165) is 23.4 Å². The van der Waals surface area contributed by atoms with Crippen molar-refractivity contribution in [3.63, 3.8) is 0 Å². The zero-order chi connectivity index (χ0) is 11.3. The third-order valence-corrected chi connectivity index (χ3v) is 2.33. The molecule has 4 nitrogen and oxygen atoms in total. The van der Waals surface area contributed by atoms with Gasteiger partial charge >= 0.3 is 0 Å². The van der Waals surface area contributed by atoms with Crippen molar-refractivity contribution in [3.05, 3.63) is 23.0 Å². The molecular formula is C11H19N3O. The molecule has 0 aromatic carbocycles. The van der Waals surface area contributed by atoms with Crippen LogP contribution in [0.4, 0.5) is 11.5 Å². The molecule has 0 unspecified atom stereocenters. The number of nitrogens with one attached hydrogen (secondary N) is 1. The smallest absolute Gasteiger partial charge is 0.277 e. The summed E-state index contributed by atoms with van der Waals surface area (Å²) in [6, 6.07) is 3.49. The lowest BCUT2D eigenvalue weighted by atomic mass is 10.2. The molecule has 0 bridgehead atoms. The average molecular weight is 209 g/mol. The van der Waals surface area contributed by atoms with Crippen LogP contribution in [0, 0.1) is 12.1 Å². The second kappa shape index (κ2) is 5.44. The molecule has 0 aliphatic heterocycles. The summed E-state index contributed by atoms with van der Waals surface area (Å²) in [5, 5.41) is 14.5. The highest BCUT2D eigenvalue weighted by Crippen LogP contribution is 2.11. The van der Waals surface area contributed by atoms with Gasteiger partial charge in [-0.3, -0.25) is 5.73 Å². The first kappa shape index (κ1) is 11.6. The number of nitrogens with zero attached hydrogens (tertiary/aromatic N) is 1. The Morgan fingerprint density at radius 3 is 2.73 bits per heavy atom. The predicted octanol–water partition coefficient (Wildman–Crippen LogP) is 1.81. The van der Waals surface area contributed by atoms with Gasteiger partial charge in [-0.2, -0.15) is 0 Å². The first-order valence-corrected chi connectivity index (χ1v) is 5.38. The Bertz CT molecular complexity index is 303. The van der Waals surface area contributed by atoms with Gasteiger partial charge in [0.1, 0.15) is 5.69 Å². The number of aryl methyl sites for hydroxylation is 1. The standard InChI is InChI=1S/C11H19N3O/c1-3-4-5-6-13-10-7-9(2)14(15)11(12)8-10/h7-8,13H,3-6,12H2,1-2H3. The molecule has 1 heterocycles. The molecule has 0 atom stereocenters. The summed E-state index contributed by atoms with van der Waals surface area (Å²) < 4.78 is 0.733. The minimum Gasteiger partial charge on any atom is -0.710 e. The van der Waals surface area contributed by atoms with Crippen molar-refractivity contribution in [2.24, 2.45) is 0 Å². The Morgan fingerprint density at radius 1 is 1.40 bits per heavy atom. The van der Waals surface area contributed by atoms with E-state index >= 15 is 0 Å². The van der Waals surface area contributed by atoms with E-state index in [1.54, 1.807) is 13.0 Å². The van der Waals surface area contributed by atoms with Gasteiger partial charge in [-0.15, -0.1) is 0 Å². The largest absolute Gasteiger partial charge is 0.710 e. The van der Waals surface area contributed by atoms with Crippen LogP contribution in [0.25, 0.3) is 0 Å². The van der Waals surface area contributed by atoms with Gasteiger partial charge < -0.3 is 10.5 Å². The number of anilines is 2. The first-order valence-electron chi connectivity index (χ1n) is 5.38. The van der Waals surface area contributed by atoms with Crippen molar-refractivity contribution >= 4 is 11.5 Å². The zero-order valence-corrected chi connectivity index (χ0v) is 9.42. The Morgan fingerprint density at radius 2 is 2.13 bits per heavy atom. The fraction of sp³-hybridized carbons (Fsp3) is 0.545. The Labute approximate surface area is 90.7 Å². The monoisotopic (exact) mass is 209 g/mol. The van der Waals surface area contributed by atoms with Crippen molar-refractivity contribution < 1.29 is 4.73 Å².